The molecule has 4 heteroatoms. The summed E-state index contributed by atoms with van der Waals surface area (Å²) in [5, 5.41) is 0. The number of imide groups is 1. The van der Waals surface area contributed by atoms with Gasteiger partial charge in [-0.15, -0.1) is 0 Å². The number of carbonyl (C=O) groups is 2. The standard InChI is InChI=1S/C20H21NO3/c1-15-9-3-6-12-18(15)24-14-8-2-7-13-21-19(22)16-10-4-5-11-17(16)20(21)23/h3-6,9-12H,2,7-8,13-14H2,1H3. The predicted octanol–water partition coefficient (Wildman–Crippen LogP) is 3.84. The second-order valence-electron chi connectivity index (χ2n) is 5.98. The first kappa shape index (κ1) is 16.2. The molecule has 0 N–H and O–H groups in total. The summed E-state index contributed by atoms with van der Waals surface area (Å²) in [6.07, 6.45) is 2.61. The van der Waals surface area contributed by atoms with Crippen molar-refractivity contribution in [2.75, 3.05) is 13.2 Å². The molecular formula is C20H21NO3. The van der Waals surface area contributed by atoms with Gasteiger partial charge in [0.25, 0.3) is 11.8 Å². The largest absolute Gasteiger partial charge is 0.493 e. The van der Waals surface area contributed by atoms with Gasteiger partial charge in [0.15, 0.2) is 0 Å². The van der Waals surface area contributed by atoms with Gasteiger partial charge in [-0.2, -0.15) is 0 Å². The fraction of sp³-hybridized carbons (Fsp3) is 0.300. The first-order valence-electron chi connectivity index (χ1n) is 8.32. The number of ether oxygens (including phenoxy) is 1. The molecule has 2 aromatic rings. The Morgan fingerprint density at radius 2 is 1.46 bits per heavy atom. The van der Waals surface area contributed by atoms with Gasteiger partial charge in [0.2, 0.25) is 0 Å². The van der Waals surface area contributed by atoms with Crippen LogP contribution in [0, 0.1) is 6.92 Å². The highest BCUT2D eigenvalue weighted by atomic mass is 16.5. The van der Waals surface area contributed by atoms with Crippen LogP contribution < -0.4 is 4.74 Å². The van der Waals surface area contributed by atoms with Crippen molar-refractivity contribution in [3.8, 4) is 5.75 Å². The maximum Gasteiger partial charge on any atom is 0.261 e. The Bertz CT molecular complexity index is 719. The summed E-state index contributed by atoms with van der Waals surface area (Å²) >= 11 is 0. The van der Waals surface area contributed by atoms with Gasteiger partial charge in [-0.1, -0.05) is 30.3 Å². The van der Waals surface area contributed by atoms with Gasteiger partial charge < -0.3 is 4.74 Å². The lowest BCUT2D eigenvalue weighted by Gasteiger charge is -2.13. The van der Waals surface area contributed by atoms with Gasteiger partial charge in [0, 0.05) is 6.54 Å². The van der Waals surface area contributed by atoms with Gasteiger partial charge in [-0.25, -0.2) is 0 Å². The van der Waals surface area contributed by atoms with Gasteiger partial charge in [0.05, 0.1) is 17.7 Å². The molecule has 1 aliphatic rings. The Labute approximate surface area is 142 Å². The summed E-state index contributed by atoms with van der Waals surface area (Å²) < 4.78 is 5.75. The van der Waals surface area contributed by atoms with Crippen molar-refractivity contribution in [1.82, 2.24) is 4.90 Å². The van der Waals surface area contributed by atoms with E-state index in [0.717, 1.165) is 30.6 Å². The summed E-state index contributed by atoms with van der Waals surface area (Å²) in [5.41, 5.74) is 2.17. The van der Waals surface area contributed by atoms with Crippen LogP contribution in [-0.4, -0.2) is 29.9 Å². The van der Waals surface area contributed by atoms with Gasteiger partial charge in [-0.05, 0) is 49.9 Å². The van der Waals surface area contributed by atoms with Crippen molar-refractivity contribution in [1.29, 1.82) is 0 Å². The number of aryl methyl sites for hydroxylation is 1. The monoisotopic (exact) mass is 323 g/mol. The highest BCUT2D eigenvalue weighted by Crippen LogP contribution is 2.23. The molecule has 0 saturated heterocycles. The van der Waals surface area contributed by atoms with Crippen molar-refractivity contribution < 1.29 is 14.3 Å². The Morgan fingerprint density at radius 1 is 0.833 bits per heavy atom. The molecular weight excluding hydrogens is 302 g/mol. The van der Waals surface area contributed by atoms with Crippen LogP contribution in [0.4, 0.5) is 0 Å². The van der Waals surface area contributed by atoms with E-state index in [1.807, 2.05) is 31.2 Å². The number of hydrogen-bond donors (Lipinski definition) is 0. The average molecular weight is 323 g/mol. The summed E-state index contributed by atoms with van der Waals surface area (Å²) in [6, 6.07) is 14.9. The number of amides is 2. The molecule has 0 radical (unpaired) electrons. The average Bonchev–Trinajstić information content (AvgIpc) is 2.84. The van der Waals surface area contributed by atoms with E-state index in [-0.39, 0.29) is 11.8 Å². The molecule has 4 nitrogen and oxygen atoms in total. The molecule has 124 valence electrons. The summed E-state index contributed by atoms with van der Waals surface area (Å²) in [5.74, 6) is 0.566. The van der Waals surface area contributed by atoms with E-state index in [2.05, 4.69) is 0 Å². The van der Waals surface area contributed by atoms with Crippen LogP contribution in [0.25, 0.3) is 0 Å². The molecule has 2 aromatic carbocycles. The van der Waals surface area contributed by atoms with Gasteiger partial charge >= 0.3 is 0 Å². The highest BCUT2D eigenvalue weighted by molar-refractivity contribution is 6.21. The molecule has 0 bridgehead atoms. The fourth-order valence-electron chi connectivity index (χ4n) is 2.89. The van der Waals surface area contributed by atoms with Gasteiger partial charge in [-0.3, -0.25) is 14.5 Å². The van der Waals surface area contributed by atoms with Crippen LogP contribution in [0.3, 0.4) is 0 Å². The third-order valence-electron chi connectivity index (χ3n) is 4.26. The zero-order chi connectivity index (χ0) is 16.9. The van der Waals surface area contributed by atoms with E-state index in [4.69, 9.17) is 4.74 Å². The SMILES string of the molecule is Cc1ccccc1OCCCCCN1C(=O)c2ccccc2C1=O. The molecule has 24 heavy (non-hydrogen) atoms. The lowest BCUT2D eigenvalue weighted by molar-refractivity contribution is 0.0651. The van der Waals surface area contributed by atoms with Crippen LogP contribution >= 0.6 is 0 Å². The zero-order valence-electron chi connectivity index (χ0n) is 13.8. The number of nitrogens with zero attached hydrogens (tertiary/aromatic N) is 1. The summed E-state index contributed by atoms with van der Waals surface area (Å²) in [4.78, 5) is 25.8. The van der Waals surface area contributed by atoms with E-state index in [9.17, 15) is 9.59 Å². The third-order valence-corrected chi connectivity index (χ3v) is 4.26. The zero-order valence-corrected chi connectivity index (χ0v) is 13.8. The summed E-state index contributed by atoms with van der Waals surface area (Å²) in [6.45, 7) is 3.14. The minimum Gasteiger partial charge on any atom is -0.493 e. The van der Waals surface area contributed by atoms with E-state index >= 15 is 0 Å². The molecule has 1 heterocycles. The second-order valence-corrected chi connectivity index (χ2v) is 5.98. The molecule has 0 spiro atoms. The van der Waals surface area contributed by atoms with E-state index in [1.54, 1.807) is 24.3 Å². The Balaban J connectivity index is 1.41. The molecule has 0 atom stereocenters. The summed E-state index contributed by atoms with van der Waals surface area (Å²) in [7, 11) is 0. The topological polar surface area (TPSA) is 46.6 Å². The molecule has 0 aromatic heterocycles. The second kappa shape index (κ2) is 7.30. The highest BCUT2D eigenvalue weighted by Gasteiger charge is 2.34. The number of para-hydroxylation sites is 1. The Hall–Kier alpha value is -2.62. The van der Waals surface area contributed by atoms with Crippen molar-refractivity contribution in [3.63, 3.8) is 0 Å². The van der Waals surface area contributed by atoms with Crippen LogP contribution in [0.5, 0.6) is 5.75 Å². The Morgan fingerprint density at radius 3 is 2.12 bits per heavy atom. The van der Waals surface area contributed by atoms with Gasteiger partial charge in [0.1, 0.15) is 5.75 Å². The van der Waals surface area contributed by atoms with E-state index < -0.39 is 0 Å². The lowest BCUT2D eigenvalue weighted by Crippen LogP contribution is -2.30. The molecule has 3 rings (SSSR count). The number of unbranched alkanes of at least 4 members (excludes halogenated alkanes) is 2. The van der Waals surface area contributed by atoms with Crippen LogP contribution in [0.2, 0.25) is 0 Å². The van der Waals surface area contributed by atoms with E-state index in [0.29, 0.717) is 24.3 Å². The molecule has 0 unspecified atom stereocenters. The smallest absolute Gasteiger partial charge is 0.261 e. The first-order valence-corrected chi connectivity index (χ1v) is 8.32. The number of fused-ring (bicyclic) bond motifs is 1. The molecule has 2 amide bonds. The molecule has 1 aliphatic heterocycles. The van der Waals surface area contributed by atoms with E-state index in [1.165, 1.54) is 4.90 Å². The first-order chi connectivity index (χ1) is 11.7. The quantitative estimate of drug-likeness (QED) is 0.574. The fourth-order valence-corrected chi connectivity index (χ4v) is 2.89. The number of hydrogen-bond acceptors (Lipinski definition) is 3. The maximum atomic E-state index is 12.2. The van der Waals surface area contributed by atoms with Crippen LogP contribution in [-0.2, 0) is 0 Å². The van der Waals surface area contributed by atoms with Crippen molar-refractivity contribution in [3.05, 3.63) is 65.2 Å². The maximum absolute atomic E-state index is 12.2. The van der Waals surface area contributed by atoms with Crippen molar-refractivity contribution in [2.45, 2.75) is 26.2 Å². The Kier molecular flexibility index (Phi) is 4.94. The van der Waals surface area contributed by atoms with Crippen LogP contribution in [0.1, 0.15) is 45.5 Å². The molecule has 0 saturated carbocycles. The number of carbonyl (C=O) groups excluding carboxylic acids is 2. The number of rotatable bonds is 7. The molecule has 0 aliphatic carbocycles. The lowest BCUT2D eigenvalue weighted by atomic mass is 10.1. The number of benzene rings is 2. The normalized spacial score (nSPS) is 13.3. The van der Waals surface area contributed by atoms with Crippen LogP contribution in [0.15, 0.2) is 48.5 Å². The van der Waals surface area contributed by atoms with Crippen molar-refractivity contribution in [2.24, 2.45) is 0 Å². The third kappa shape index (κ3) is 3.32. The van der Waals surface area contributed by atoms with Crippen molar-refractivity contribution >= 4 is 11.8 Å². The minimum absolute atomic E-state index is 0.174. The predicted molar refractivity (Wildman–Crippen MR) is 92.3 cm³/mol. The minimum atomic E-state index is -0.174. The molecule has 0 fully saturated rings.